The third-order valence-corrected chi connectivity index (χ3v) is 3.95. The lowest BCUT2D eigenvalue weighted by molar-refractivity contribution is 0.684. The molecule has 0 saturated heterocycles. The fourth-order valence-corrected chi connectivity index (χ4v) is 2.76. The molecule has 2 aromatic rings. The summed E-state index contributed by atoms with van der Waals surface area (Å²) < 4.78 is 0. The van der Waals surface area contributed by atoms with Crippen molar-refractivity contribution in [3.05, 3.63) is 52.8 Å². The number of aromatic nitrogens is 2. The summed E-state index contributed by atoms with van der Waals surface area (Å²) in [7, 11) is 0. The first-order chi connectivity index (χ1) is 8.34. The van der Waals surface area contributed by atoms with Crippen LogP contribution in [0.1, 0.15) is 40.6 Å². The lowest BCUT2D eigenvalue weighted by Crippen LogP contribution is -2.04. The summed E-state index contributed by atoms with van der Waals surface area (Å²) in [6, 6.07) is 8.56. The highest BCUT2D eigenvalue weighted by Gasteiger charge is 2.15. The Labute approximate surface area is 106 Å². The molecule has 88 valence electrons. The molecule has 0 aliphatic heterocycles. The van der Waals surface area contributed by atoms with Gasteiger partial charge in [0, 0.05) is 6.20 Å². The monoisotopic (exact) mass is 246 g/mol. The highest BCUT2D eigenvalue weighted by Crippen LogP contribution is 2.30. The number of alkyl halides is 1. The van der Waals surface area contributed by atoms with Gasteiger partial charge in [-0.15, -0.1) is 11.6 Å². The number of fused-ring (bicyclic) bond motifs is 1. The first-order valence-electron chi connectivity index (χ1n) is 6.09. The van der Waals surface area contributed by atoms with E-state index in [9.17, 15) is 0 Å². The van der Waals surface area contributed by atoms with Gasteiger partial charge in [-0.1, -0.05) is 18.2 Å². The molecule has 1 aromatic carbocycles. The van der Waals surface area contributed by atoms with Crippen LogP contribution in [0.5, 0.6) is 0 Å². The van der Waals surface area contributed by atoms with E-state index < -0.39 is 0 Å². The number of aryl methyl sites for hydroxylation is 2. The molecule has 3 rings (SSSR count). The first kappa shape index (κ1) is 10.8. The minimum Gasteiger partial charge on any atom is -0.281 e. The molecular weight excluding hydrogens is 232 g/mol. The Bertz CT molecular complexity index is 505. The molecule has 0 spiro atoms. The van der Waals surface area contributed by atoms with Crippen molar-refractivity contribution in [3.8, 4) is 0 Å². The zero-order valence-corrected chi connectivity index (χ0v) is 10.4. The van der Waals surface area contributed by atoms with Crippen LogP contribution >= 0.6 is 11.6 Å². The Hall–Kier alpha value is -1.28. The quantitative estimate of drug-likeness (QED) is 0.806. The molecule has 1 aliphatic carbocycles. The standard InChI is InChI=1S/C14H15ClN2/c15-14(13-7-8-16-17-13)12-6-5-10-3-1-2-4-11(10)9-12/h5-9,14H,1-4H2,(H,16,17). The minimum absolute atomic E-state index is 0.121. The maximum atomic E-state index is 6.44. The van der Waals surface area contributed by atoms with Gasteiger partial charge in [0.15, 0.2) is 0 Å². The van der Waals surface area contributed by atoms with Crippen molar-refractivity contribution in [1.82, 2.24) is 10.2 Å². The molecule has 0 radical (unpaired) electrons. The number of aromatic amines is 1. The molecule has 2 nitrogen and oxygen atoms in total. The van der Waals surface area contributed by atoms with Crippen molar-refractivity contribution in [1.29, 1.82) is 0 Å². The van der Waals surface area contributed by atoms with E-state index in [2.05, 4.69) is 28.4 Å². The summed E-state index contributed by atoms with van der Waals surface area (Å²) >= 11 is 6.44. The molecule has 1 aromatic heterocycles. The molecule has 3 heteroatoms. The first-order valence-corrected chi connectivity index (χ1v) is 6.53. The van der Waals surface area contributed by atoms with Gasteiger partial charge in [-0.25, -0.2) is 0 Å². The number of H-pyrrole nitrogens is 1. The zero-order chi connectivity index (χ0) is 11.7. The van der Waals surface area contributed by atoms with E-state index in [0.717, 1.165) is 11.3 Å². The van der Waals surface area contributed by atoms with E-state index in [1.807, 2.05) is 6.07 Å². The summed E-state index contributed by atoms with van der Waals surface area (Å²) in [4.78, 5) is 0. The molecule has 0 bridgehead atoms. The van der Waals surface area contributed by atoms with Crippen LogP contribution in [-0.4, -0.2) is 10.2 Å². The summed E-state index contributed by atoms with van der Waals surface area (Å²) in [5.74, 6) is 0. The van der Waals surface area contributed by atoms with E-state index in [4.69, 9.17) is 11.6 Å². The highest BCUT2D eigenvalue weighted by molar-refractivity contribution is 6.22. The van der Waals surface area contributed by atoms with Crippen molar-refractivity contribution in [3.63, 3.8) is 0 Å². The average Bonchev–Trinajstić information content (AvgIpc) is 2.91. The smallest absolute Gasteiger partial charge is 0.100 e. The van der Waals surface area contributed by atoms with Crippen LogP contribution in [0.2, 0.25) is 0 Å². The number of hydrogen-bond acceptors (Lipinski definition) is 1. The summed E-state index contributed by atoms with van der Waals surface area (Å²) in [6.45, 7) is 0. The van der Waals surface area contributed by atoms with Gasteiger partial charge < -0.3 is 0 Å². The number of rotatable bonds is 2. The second-order valence-corrected chi connectivity index (χ2v) is 5.05. The van der Waals surface area contributed by atoms with Crippen molar-refractivity contribution >= 4 is 11.6 Å². The molecule has 0 amide bonds. The molecule has 0 fully saturated rings. The van der Waals surface area contributed by atoms with Gasteiger partial charge in [-0.3, -0.25) is 5.10 Å². The molecule has 0 saturated carbocycles. The van der Waals surface area contributed by atoms with Crippen LogP contribution in [0.25, 0.3) is 0 Å². The predicted octanol–water partition coefficient (Wildman–Crippen LogP) is 3.62. The van der Waals surface area contributed by atoms with Gasteiger partial charge in [0.1, 0.15) is 5.38 Å². The van der Waals surface area contributed by atoms with Gasteiger partial charge in [0.25, 0.3) is 0 Å². The van der Waals surface area contributed by atoms with E-state index in [1.165, 1.54) is 36.8 Å². The lowest BCUT2D eigenvalue weighted by atomic mass is 9.89. The van der Waals surface area contributed by atoms with Gasteiger partial charge >= 0.3 is 0 Å². The van der Waals surface area contributed by atoms with Crippen LogP contribution in [0.15, 0.2) is 30.5 Å². The second kappa shape index (κ2) is 4.53. The number of nitrogens with one attached hydrogen (secondary N) is 1. The van der Waals surface area contributed by atoms with E-state index in [0.29, 0.717) is 0 Å². The van der Waals surface area contributed by atoms with Crippen molar-refractivity contribution in [2.24, 2.45) is 0 Å². The summed E-state index contributed by atoms with van der Waals surface area (Å²) in [5.41, 5.74) is 5.09. The third kappa shape index (κ3) is 2.09. The fourth-order valence-electron chi connectivity index (χ4n) is 2.50. The number of halogens is 1. The zero-order valence-electron chi connectivity index (χ0n) is 9.62. The Kier molecular flexibility index (Phi) is 2.89. The number of benzene rings is 1. The molecule has 1 atom stereocenters. The fraction of sp³-hybridized carbons (Fsp3) is 0.357. The second-order valence-electron chi connectivity index (χ2n) is 4.61. The largest absolute Gasteiger partial charge is 0.281 e. The van der Waals surface area contributed by atoms with Crippen LogP contribution in [-0.2, 0) is 12.8 Å². The highest BCUT2D eigenvalue weighted by atomic mass is 35.5. The molecule has 1 N–H and O–H groups in total. The number of hydrogen-bond donors (Lipinski definition) is 1. The molecular formula is C14H15ClN2. The third-order valence-electron chi connectivity index (χ3n) is 3.46. The molecule has 1 aliphatic rings. The van der Waals surface area contributed by atoms with Crippen LogP contribution in [0, 0.1) is 0 Å². The van der Waals surface area contributed by atoms with E-state index in [-0.39, 0.29) is 5.38 Å². The van der Waals surface area contributed by atoms with Gasteiger partial charge in [-0.2, -0.15) is 5.10 Å². The van der Waals surface area contributed by atoms with Crippen molar-refractivity contribution in [2.45, 2.75) is 31.1 Å². The summed E-state index contributed by atoms with van der Waals surface area (Å²) in [5, 5.41) is 6.76. The van der Waals surface area contributed by atoms with Gasteiger partial charge in [0.05, 0.1) is 5.69 Å². The van der Waals surface area contributed by atoms with Crippen LogP contribution < -0.4 is 0 Å². The Balaban J connectivity index is 1.93. The Morgan fingerprint density at radius 2 is 1.94 bits per heavy atom. The lowest BCUT2D eigenvalue weighted by Gasteiger charge is -2.18. The Morgan fingerprint density at radius 1 is 1.12 bits per heavy atom. The topological polar surface area (TPSA) is 28.7 Å². The maximum absolute atomic E-state index is 6.44. The van der Waals surface area contributed by atoms with Gasteiger partial charge in [0.2, 0.25) is 0 Å². The maximum Gasteiger partial charge on any atom is 0.100 e. The molecule has 1 unspecified atom stereocenters. The SMILES string of the molecule is ClC(c1ccc2c(c1)CCCC2)c1ccn[nH]1. The number of nitrogens with zero attached hydrogens (tertiary/aromatic N) is 1. The average molecular weight is 247 g/mol. The normalized spacial score (nSPS) is 16.5. The van der Waals surface area contributed by atoms with Crippen molar-refractivity contribution < 1.29 is 0 Å². The van der Waals surface area contributed by atoms with E-state index in [1.54, 1.807) is 6.20 Å². The minimum atomic E-state index is -0.121. The van der Waals surface area contributed by atoms with Gasteiger partial charge in [-0.05, 0) is 48.4 Å². The van der Waals surface area contributed by atoms with Crippen molar-refractivity contribution in [2.75, 3.05) is 0 Å². The molecule has 1 heterocycles. The summed E-state index contributed by atoms with van der Waals surface area (Å²) in [6.07, 6.45) is 6.76. The molecule has 17 heavy (non-hydrogen) atoms. The van der Waals surface area contributed by atoms with Crippen LogP contribution in [0.3, 0.4) is 0 Å². The Morgan fingerprint density at radius 3 is 2.71 bits per heavy atom. The predicted molar refractivity (Wildman–Crippen MR) is 69.4 cm³/mol. The van der Waals surface area contributed by atoms with E-state index >= 15 is 0 Å². The van der Waals surface area contributed by atoms with Crippen LogP contribution in [0.4, 0.5) is 0 Å².